The lowest BCUT2D eigenvalue weighted by atomic mass is 9.77. The molecule has 160 valence electrons. The van der Waals surface area contributed by atoms with E-state index in [2.05, 4.69) is 0 Å². The van der Waals surface area contributed by atoms with E-state index in [1.807, 2.05) is 0 Å². The molecule has 4 aliphatic heterocycles. The van der Waals surface area contributed by atoms with Gasteiger partial charge in [-0.3, -0.25) is 19.3 Å². The van der Waals surface area contributed by atoms with E-state index in [0.717, 1.165) is 0 Å². The van der Waals surface area contributed by atoms with Crippen LogP contribution in [0.2, 0.25) is 0 Å². The molecular formula is C22H21N3O6. The van der Waals surface area contributed by atoms with E-state index in [-0.39, 0.29) is 41.1 Å². The number of β-lactam (4-membered cyclic amide) rings is 1. The summed E-state index contributed by atoms with van der Waals surface area (Å²) in [6, 6.07) is 5.31. The average Bonchev–Trinajstić information content (AvgIpc) is 3.25. The summed E-state index contributed by atoms with van der Waals surface area (Å²) in [7, 11) is 0. The zero-order valence-corrected chi connectivity index (χ0v) is 16.8. The lowest BCUT2D eigenvalue weighted by Gasteiger charge is -2.53. The number of phenols is 1. The first-order valence-electron chi connectivity index (χ1n) is 10.2. The summed E-state index contributed by atoms with van der Waals surface area (Å²) in [5, 5.41) is 19.3. The number of carboxylic acid groups (broad SMARTS) is 1. The van der Waals surface area contributed by atoms with Gasteiger partial charge in [0.15, 0.2) is 0 Å². The molecule has 0 aromatic heterocycles. The minimum absolute atomic E-state index is 0.0787. The highest BCUT2D eigenvalue weighted by Crippen LogP contribution is 2.49. The van der Waals surface area contributed by atoms with Crippen molar-refractivity contribution in [3.63, 3.8) is 0 Å². The normalized spacial score (nSPS) is 28.4. The first-order chi connectivity index (χ1) is 14.8. The molecule has 3 fully saturated rings. The van der Waals surface area contributed by atoms with Crippen LogP contribution in [-0.4, -0.2) is 68.9 Å². The van der Waals surface area contributed by atoms with Crippen molar-refractivity contribution < 1.29 is 29.4 Å². The molecule has 1 unspecified atom stereocenters. The number of amides is 3. The van der Waals surface area contributed by atoms with Crippen LogP contribution in [0.25, 0.3) is 0 Å². The van der Waals surface area contributed by atoms with E-state index < -0.39 is 12.0 Å². The van der Waals surface area contributed by atoms with Crippen molar-refractivity contribution in [1.82, 2.24) is 9.80 Å². The summed E-state index contributed by atoms with van der Waals surface area (Å²) in [5.41, 5.74) is 1.55. The second-order valence-corrected chi connectivity index (χ2v) is 8.25. The highest BCUT2D eigenvalue weighted by molar-refractivity contribution is 6.09. The smallest absolute Gasteiger partial charge is 0.352 e. The molecular weight excluding hydrogens is 402 g/mol. The van der Waals surface area contributed by atoms with Gasteiger partial charge in [0.2, 0.25) is 5.91 Å². The molecule has 5 rings (SSSR count). The molecule has 31 heavy (non-hydrogen) atoms. The van der Waals surface area contributed by atoms with E-state index in [9.17, 15) is 29.4 Å². The van der Waals surface area contributed by atoms with Crippen molar-refractivity contribution in [2.24, 2.45) is 5.92 Å². The van der Waals surface area contributed by atoms with Gasteiger partial charge in [0.25, 0.3) is 11.8 Å². The van der Waals surface area contributed by atoms with E-state index in [4.69, 9.17) is 0 Å². The van der Waals surface area contributed by atoms with Crippen molar-refractivity contribution in [1.29, 1.82) is 0 Å². The van der Waals surface area contributed by atoms with Crippen molar-refractivity contribution in [3.05, 3.63) is 47.2 Å². The molecule has 1 aromatic rings. The Bertz CT molecular complexity index is 1090. The Morgan fingerprint density at radius 3 is 2.48 bits per heavy atom. The summed E-state index contributed by atoms with van der Waals surface area (Å²) in [4.78, 5) is 54.1. The van der Waals surface area contributed by atoms with Crippen LogP contribution in [0.4, 0.5) is 5.69 Å². The lowest BCUT2D eigenvalue weighted by Crippen LogP contribution is -2.73. The molecule has 9 heteroatoms. The van der Waals surface area contributed by atoms with Gasteiger partial charge in [-0.25, -0.2) is 4.79 Å². The minimum Gasteiger partial charge on any atom is -0.508 e. The number of aliphatic carboxylic acids is 1. The standard InChI is InChI=1S/C22H21N3O6/c1-11(26)23-9-7-15-16(18(22(30)31)25-17(15)19(23)21(25)29)10-12-6-8-24(20(12)28)13-2-4-14(27)5-3-13/h2-5,10,15,17,19,27H,6-9H2,1H3,(H,30,31)/b12-10+/t15?,17-,19+/m1/s1. The van der Waals surface area contributed by atoms with Gasteiger partial charge in [-0.05, 0) is 48.8 Å². The van der Waals surface area contributed by atoms with Gasteiger partial charge in [0.05, 0.1) is 6.04 Å². The number of carboxylic acids is 1. The second kappa shape index (κ2) is 6.69. The largest absolute Gasteiger partial charge is 0.508 e. The average molecular weight is 423 g/mol. The van der Waals surface area contributed by atoms with Gasteiger partial charge in [0, 0.05) is 37.2 Å². The van der Waals surface area contributed by atoms with Crippen LogP contribution in [0, 0.1) is 5.92 Å². The summed E-state index contributed by atoms with van der Waals surface area (Å²) in [5.74, 6) is -2.11. The van der Waals surface area contributed by atoms with Gasteiger partial charge in [-0.15, -0.1) is 0 Å². The molecule has 1 aromatic carbocycles. The molecule has 0 spiro atoms. The summed E-state index contributed by atoms with van der Waals surface area (Å²) >= 11 is 0. The Morgan fingerprint density at radius 1 is 1.13 bits per heavy atom. The van der Waals surface area contributed by atoms with Crippen LogP contribution in [0.1, 0.15) is 19.8 Å². The molecule has 0 radical (unpaired) electrons. The summed E-state index contributed by atoms with van der Waals surface area (Å²) in [6.45, 7) is 2.24. The summed E-state index contributed by atoms with van der Waals surface area (Å²) < 4.78 is 0. The van der Waals surface area contributed by atoms with Crippen LogP contribution in [-0.2, 0) is 19.2 Å². The highest BCUT2D eigenvalue weighted by Gasteiger charge is 2.63. The second-order valence-electron chi connectivity index (χ2n) is 8.25. The third-order valence-electron chi connectivity index (χ3n) is 6.68. The zero-order valence-electron chi connectivity index (χ0n) is 16.8. The molecule has 4 aliphatic rings. The van der Waals surface area contributed by atoms with Gasteiger partial charge >= 0.3 is 5.97 Å². The quantitative estimate of drug-likeness (QED) is 0.550. The fourth-order valence-corrected chi connectivity index (χ4v) is 5.28. The summed E-state index contributed by atoms with van der Waals surface area (Å²) in [6.07, 6.45) is 2.63. The van der Waals surface area contributed by atoms with Gasteiger partial charge in [-0.2, -0.15) is 0 Å². The van der Waals surface area contributed by atoms with Gasteiger partial charge in [-0.1, -0.05) is 0 Å². The molecule has 2 N–H and O–H groups in total. The van der Waals surface area contributed by atoms with Crippen LogP contribution < -0.4 is 4.90 Å². The number of likely N-dealkylation sites (tertiary alicyclic amines) is 1. The van der Waals surface area contributed by atoms with E-state index in [1.54, 1.807) is 23.1 Å². The maximum atomic E-state index is 13.0. The maximum Gasteiger partial charge on any atom is 0.352 e. The van der Waals surface area contributed by atoms with Crippen LogP contribution in [0.3, 0.4) is 0 Å². The monoisotopic (exact) mass is 423 g/mol. The topological polar surface area (TPSA) is 118 Å². The number of benzene rings is 1. The lowest BCUT2D eigenvalue weighted by molar-refractivity contribution is -0.168. The van der Waals surface area contributed by atoms with Crippen molar-refractivity contribution in [2.45, 2.75) is 31.8 Å². The SMILES string of the molecule is CC(=O)N1CCC2C(/C=C3\CCN(c4ccc(O)cc4)C3=O)=C(C(=O)O)N3C(=O)[C@@H]1[C@@H]23. The number of allylic oxidation sites excluding steroid dienone is 1. The molecule has 9 nitrogen and oxygen atoms in total. The Morgan fingerprint density at radius 2 is 1.84 bits per heavy atom. The Hall–Kier alpha value is -3.62. The fraction of sp³-hybridized carbons (Fsp3) is 0.364. The number of rotatable bonds is 3. The van der Waals surface area contributed by atoms with Crippen LogP contribution in [0.15, 0.2) is 47.2 Å². The Labute approximate surface area is 177 Å². The first-order valence-corrected chi connectivity index (χ1v) is 10.2. The number of carbonyl (C=O) groups excluding carboxylic acids is 3. The zero-order chi connectivity index (χ0) is 22.0. The molecule has 0 saturated carbocycles. The molecule has 3 atom stereocenters. The molecule has 3 saturated heterocycles. The third kappa shape index (κ3) is 2.69. The Balaban J connectivity index is 1.49. The van der Waals surface area contributed by atoms with E-state index >= 15 is 0 Å². The number of anilines is 1. The van der Waals surface area contributed by atoms with Crippen LogP contribution >= 0.6 is 0 Å². The first kappa shape index (κ1) is 19.3. The van der Waals surface area contributed by atoms with Crippen molar-refractivity contribution in [3.8, 4) is 5.75 Å². The van der Waals surface area contributed by atoms with Crippen LogP contribution in [0.5, 0.6) is 5.75 Å². The van der Waals surface area contributed by atoms with Gasteiger partial charge in [0.1, 0.15) is 17.5 Å². The number of phenolic OH excluding ortho intramolecular Hbond substituents is 1. The Kier molecular flexibility index (Phi) is 4.18. The number of nitrogens with zero attached hydrogens (tertiary/aromatic N) is 3. The molecule has 0 aliphatic carbocycles. The van der Waals surface area contributed by atoms with Crippen molar-refractivity contribution in [2.75, 3.05) is 18.0 Å². The number of aromatic hydroxyl groups is 1. The number of piperidine rings is 1. The predicted octanol–water partition coefficient (Wildman–Crippen LogP) is 0.855. The maximum absolute atomic E-state index is 13.0. The predicted molar refractivity (Wildman–Crippen MR) is 108 cm³/mol. The van der Waals surface area contributed by atoms with E-state index in [0.29, 0.717) is 42.8 Å². The number of hydrogen-bond donors (Lipinski definition) is 2. The van der Waals surface area contributed by atoms with E-state index in [1.165, 1.54) is 28.9 Å². The molecule has 0 bridgehead atoms. The molecule has 3 amide bonds. The van der Waals surface area contributed by atoms with Gasteiger partial charge < -0.3 is 20.0 Å². The molecule has 4 heterocycles. The third-order valence-corrected chi connectivity index (χ3v) is 6.68. The highest BCUT2D eigenvalue weighted by atomic mass is 16.4. The fourth-order valence-electron chi connectivity index (χ4n) is 5.28. The minimum atomic E-state index is -1.21. The van der Waals surface area contributed by atoms with Crippen molar-refractivity contribution >= 4 is 29.4 Å². The number of hydrogen-bond acceptors (Lipinski definition) is 5. The number of carbonyl (C=O) groups is 4.